The summed E-state index contributed by atoms with van der Waals surface area (Å²) in [6.07, 6.45) is -2.56. The highest BCUT2D eigenvalue weighted by Gasteiger charge is 2.29. The number of anilines is 1. The van der Waals surface area contributed by atoms with Crippen molar-refractivity contribution in [2.75, 3.05) is 38.2 Å². The number of hydrogen-bond acceptors (Lipinski definition) is 8. The molecule has 3 N–H and O–H groups in total. The zero-order valence-corrected chi connectivity index (χ0v) is 20.7. The number of nitrogens with one attached hydrogen (secondary N) is 3. The molecule has 0 aliphatic carbocycles. The number of carbonyl (C=O) groups excluding carboxylic acids is 1. The molecule has 3 aromatic rings. The van der Waals surface area contributed by atoms with E-state index in [9.17, 15) is 18.0 Å². The van der Waals surface area contributed by atoms with E-state index in [1.54, 1.807) is 24.3 Å². The third kappa shape index (κ3) is 8.87. The number of amides is 1. The molecule has 0 radical (unpaired) electrons. The minimum Gasteiger partial charge on any atom is -0.492 e. The van der Waals surface area contributed by atoms with Gasteiger partial charge in [0, 0.05) is 31.6 Å². The molecule has 6 bridgehead atoms. The quantitative estimate of drug-likeness (QED) is 0.462. The second-order valence-electron chi connectivity index (χ2n) is 8.69. The molecule has 1 amide bonds. The lowest BCUT2D eigenvalue weighted by Crippen LogP contribution is -2.26. The highest BCUT2D eigenvalue weighted by atomic mass is 19.4. The van der Waals surface area contributed by atoms with Crippen molar-refractivity contribution >= 4 is 11.9 Å². The first-order chi connectivity index (χ1) is 18.3. The summed E-state index contributed by atoms with van der Waals surface area (Å²) < 4.78 is 48.7. The Morgan fingerprint density at radius 3 is 2.37 bits per heavy atom. The minimum absolute atomic E-state index is 0.0871. The predicted octanol–water partition coefficient (Wildman–Crippen LogP) is 3.51. The van der Waals surface area contributed by atoms with E-state index in [1.165, 1.54) is 0 Å². The molecule has 4 aliphatic heterocycles. The molecule has 0 spiro atoms. The van der Waals surface area contributed by atoms with Crippen LogP contribution in [0.15, 0.2) is 48.5 Å². The Morgan fingerprint density at radius 1 is 0.868 bits per heavy atom. The standard InChI is InChI=1S/C26H29F3N6O3/c27-26(28,29)17-38-25-34-22-15-18-3-7-20(8-4-18)23(36)31-12-2-1-11-30-13-14-37-21-9-5-19(6-10-21)16-32-24(33-22)35-25/h3-10,30H,1-2,11-17H2,(H,31,36)(H,32,33,34,35). The van der Waals surface area contributed by atoms with Gasteiger partial charge in [-0.25, -0.2) is 0 Å². The Bertz CT molecular complexity index is 1190. The molecule has 0 fully saturated rings. The zero-order chi connectivity index (χ0) is 26.8. The van der Waals surface area contributed by atoms with E-state index in [1.807, 2.05) is 24.3 Å². The van der Waals surface area contributed by atoms with Crippen LogP contribution in [-0.4, -0.2) is 59.9 Å². The first kappa shape index (κ1) is 27.1. The molecule has 0 saturated heterocycles. The van der Waals surface area contributed by atoms with E-state index in [2.05, 4.69) is 30.9 Å². The monoisotopic (exact) mass is 530 g/mol. The van der Waals surface area contributed by atoms with Gasteiger partial charge in [0.1, 0.15) is 18.2 Å². The molecule has 0 atom stereocenters. The van der Waals surface area contributed by atoms with Gasteiger partial charge in [0.25, 0.3) is 5.91 Å². The summed E-state index contributed by atoms with van der Waals surface area (Å²) in [5.74, 6) is 0.865. The molecule has 7 rings (SSSR count). The molecule has 5 heterocycles. The zero-order valence-electron chi connectivity index (χ0n) is 20.7. The Kier molecular flexibility index (Phi) is 9.30. The third-order valence-electron chi connectivity index (χ3n) is 5.59. The Hall–Kier alpha value is -3.93. The fourth-order valence-corrected chi connectivity index (χ4v) is 3.65. The molecule has 12 heteroatoms. The molecule has 0 unspecified atom stereocenters. The number of nitrogens with zero attached hydrogens (tertiary/aromatic N) is 3. The fraction of sp³-hybridized carbons (Fsp3) is 0.385. The summed E-state index contributed by atoms with van der Waals surface area (Å²) in [4.78, 5) is 24.8. The number of ether oxygens (including phenoxy) is 2. The molecule has 2 aromatic carbocycles. The predicted molar refractivity (Wildman–Crippen MR) is 134 cm³/mol. The largest absolute Gasteiger partial charge is 0.492 e. The van der Waals surface area contributed by atoms with E-state index in [0.29, 0.717) is 31.8 Å². The smallest absolute Gasteiger partial charge is 0.422 e. The van der Waals surface area contributed by atoms with Crippen LogP contribution in [0, 0.1) is 0 Å². The molecule has 202 valence electrons. The number of benzene rings is 2. The summed E-state index contributed by atoms with van der Waals surface area (Å²) in [6.45, 7) is 1.41. The number of hydrogen-bond donors (Lipinski definition) is 3. The third-order valence-corrected chi connectivity index (χ3v) is 5.59. The van der Waals surface area contributed by atoms with Crippen LogP contribution in [0.4, 0.5) is 19.1 Å². The SMILES string of the molecule is O=C1NCCCCNCCOc2ccc(cc2)CNc2nc(nc(OCC(F)(F)F)n2)Cc2ccc1cc2. The van der Waals surface area contributed by atoms with Gasteiger partial charge in [0.05, 0.1) is 0 Å². The first-order valence-corrected chi connectivity index (χ1v) is 12.3. The molecule has 4 aliphatic rings. The fourth-order valence-electron chi connectivity index (χ4n) is 3.65. The van der Waals surface area contributed by atoms with Gasteiger partial charge in [-0.1, -0.05) is 24.3 Å². The summed E-state index contributed by atoms with van der Waals surface area (Å²) in [7, 11) is 0. The van der Waals surface area contributed by atoms with E-state index < -0.39 is 18.8 Å². The average molecular weight is 531 g/mol. The van der Waals surface area contributed by atoms with E-state index >= 15 is 0 Å². The van der Waals surface area contributed by atoms with Crippen LogP contribution in [-0.2, 0) is 13.0 Å². The van der Waals surface area contributed by atoms with Gasteiger partial charge in [-0.05, 0) is 54.8 Å². The van der Waals surface area contributed by atoms with Gasteiger partial charge in [-0.3, -0.25) is 4.79 Å². The van der Waals surface area contributed by atoms with Gasteiger partial charge in [0.15, 0.2) is 6.61 Å². The lowest BCUT2D eigenvalue weighted by Gasteiger charge is -2.12. The van der Waals surface area contributed by atoms with E-state index in [4.69, 9.17) is 9.47 Å². The molecule has 0 saturated carbocycles. The van der Waals surface area contributed by atoms with E-state index in [-0.39, 0.29) is 24.1 Å². The number of alkyl halides is 3. The van der Waals surface area contributed by atoms with Crippen molar-refractivity contribution in [2.45, 2.75) is 32.0 Å². The average Bonchev–Trinajstić information content (AvgIpc) is 2.90. The molecule has 1 aromatic heterocycles. The van der Waals surface area contributed by atoms with Crippen LogP contribution in [0.2, 0.25) is 0 Å². The van der Waals surface area contributed by atoms with Crippen molar-refractivity contribution in [3.05, 3.63) is 71.0 Å². The number of carbonyl (C=O) groups is 1. The summed E-state index contributed by atoms with van der Waals surface area (Å²) in [5, 5.41) is 9.25. The second kappa shape index (κ2) is 13.0. The van der Waals surface area contributed by atoms with Gasteiger partial charge in [-0.15, -0.1) is 0 Å². The van der Waals surface area contributed by atoms with Crippen LogP contribution >= 0.6 is 0 Å². The van der Waals surface area contributed by atoms with Crippen LogP contribution in [0.5, 0.6) is 11.8 Å². The molecule has 9 nitrogen and oxygen atoms in total. The molecule has 38 heavy (non-hydrogen) atoms. The maximum absolute atomic E-state index is 12.7. The number of aromatic nitrogens is 3. The maximum Gasteiger partial charge on any atom is 0.422 e. The van der Waals surface area contributed by atoms with Crippen molar-refractivity contribution in [2.24, 2.45) is 0 Å². The lowest BCUT2D eigenvalue weighted by molar-refractivity contribution is -0.154. The van der Waals surface area contributed by atoms with Crippen molar-refractivity contribution in [3.8, 4) is 11.8 Å². The topological polar surface area (TPSA) is 110 Å². The van der Waals surface area contributed by atoms with Gasteiger partial charge < -0.3 is 25.4 Å². The first-order valence-electron chi connectivity index (χ1n) is 12.3. The van der Waals surface area contributed by atoms with E-state index in [0.717, 1.165) is 36.3 Å². The highest BCUT2D eigenvalue weighted by Crippen LogP contribution is 2.19. The van der Waals surface area contributed by atoms with Crippen LogP contribution < -0.4 is 25.4 Å². The number of rotatable bonds is 2. The summed E-state index contributed by atoms with van der Waals surface area (Å²) >= 11 is 0. The number of halogens is 3. The summed E-state index contributed by atoms with van der Waals surface area (Å²) in [6, 6.07) is 13.9. The molecular weight excluding hydrogens is 501 g/mol. The minimum atomic E-state index is -4.53. The van der Waals surface area contributed by atoms with Crippen LogP contribution in [0.25, 0.3) is 0 Å². The van der Waals surface area contributed by atoms with Crippen LogP contribution in [0.1, 0.15) is 40.2 Å². The second-order valence-corrected chi connectivity index (χ2v) is 8.69. The Labute approximate surface area is 218 Å². The summed E-state index contributed by atoms with van der Waals surface area (Å²) in [5.41, 5.74) is 2.19. The van der Waals surface area contributed by atoms with Crippen LogP contribution in [0.3, 0.4) is 0 Å². The lowest BCUT2D eigenvalue weighted by atomic mass is 10.1. The Morgan fingerprint density at radius 2 is 1.61 bits per heavy atom. The Balaban J connectivity index is 1.54. The van der Waals surface area contributed by atoms with Gasteiger partial charge in [-0.2, -0.15) is 28.1 Å². The highest BCUT2D eigenvalue weighted by molar-refractivity contribution is 5.94. The van der Waals surface area contributed by atoms with Gasteiger partial charge >= 0.3 is 12.2 Å². The maximum atomic E-state index is 12.7. The normalized spacial score (nSPS) is 15.6. The van der Waals surface area contributed by atoms with Gasteiger partial charge in [0.2, 0.25) is 5.95 Å². The van der Waals surface area contributed by atoms with Crippen molar-refractivity contribution in [1.29, 1.82) is 0 Å². The van der Waals surface area contributed by atoms with Crippen molar-refractivity contribution < 1.29 is 27.4 Å². The van der Waals surface area contributed by atoms with Crippen molar-refractivity contribution in [3.63, 3.8) is 0 Å². The van der Waals surface area contributed by atoms with Crippen molar-refractivity contribution in [1.82, 2.24) is 25.6 Å². The molecular formula is C26H29F3N6O3.